The van der Waals surface area contributed by atoms with Gasteiger partial charge in [-0.1, -0.05) is 12.1 Å². The summed E-state index contributed by atoms with van der Waals surface area (Å²) in [6.45, 7) is 2.73. The molecule has 0 bridgehead atoms. The molecule has 1 amide bonds. The minimum atomic E-state index is -0.354. The number of thiazole rings is 1. The lowest BCUT2D eigenvalue weighted by molar-refractivity contribution is 0.0947. The first-order valence-electron chi connectivity index (χ1n) is 8.87. The summed E-state index contributed by atoms with van der Waals surface area (Å²) in [5.41, 5.74) is 1.23. The van der Waals surface area contributed by atoms with Gasteiger partial charge in [0.1, 0.15) is 23.2 Å². The standard InChI is InChI=1S/C19H17FN6O2S/c1-12-24-16(10-29-12)18(27)21-5-6-26-17-15(8-23-26)19(28)25(11-22-17)9-13-3-2-4-14(20)7-13/h2-4,7-8,10-11H,5-6,9H2,1H3,(H,21,27). The third-order valence-electron chi connectivity index (χ3n) is 4.33. The summed E-state index contributed by atoms with van der Waals surface area (Å²) >= 11 is 1.41. The second kappa shape index (κ2) is 7.92. The van der Waals surface area contributed by atoms with Crippen LogP contribution in [0.4, 0.5) is 4.39 Å². The number of rotatable bonds is 6. The number of hydrogen-bond acceptors (Lipinski definition) is 6. The number of aromatic nitrogens is 5. The number of nitrogens with zero attached hydrogens (tertiary/aromatic N) is 5. The highest BCUT2D eigenvalue weighted by Crippen LogP contribution is 2.09. The van der Waals surface area contributed by atoms with Crippen molar-refractivity contribution in [3.05, 3.63) is 74.6 Å². The van der Waals surface area contributed by atoms with Gasteiger partial charge in [0, 0.05) is 11.9 Å². The van der Waals surface area contributed by atoms with Crippen molar-refractivity contribution in [2.24, 2.45) is 0 Å². The van der Waals surface area contributed by atoms with Crippen LogP contribution in [0.15, 0.2) is 47.0 Å². The zero-order chi connectivity index (χ0) is 20.4. The average Bonchev–Trinajstić information content (AvgIpc) is 3.31. The van der Waals surface area contributed by atoms with Crippen molar-refractivity contribution in [3.63, 3.8) is 0 Å². The van der Waals surface area contributed by atoms with E-state index in [4.69, 9.17) is 0 Å². The third kappa shape index (κ3) is 4.06. The van der Waals surface area contributed by atoms with Gasteiger partial charge in [-0.05, 0) is 24.6 Å². The molecule has 0 aliphatic rings. The maximum Gasteiger partial charge on any atom is 0.270 e. The zero-order valence-corrected chi connectivity index (χ0v) is 16.3. The summed E-state index contributed by atoms with van der Waals surface area (Å²) in [6, 6.07) is 6.08. The molecule has 4 aromatic rings. The van der Waals surface area contributed by atoms with Crippen LogP contribution in [0.25, 0.3) is 11.0 Å². The summed E-state index contributed by atoms with van der Waals surface area (Å²) in [5, 5.41) is 9.88. The first-order chi connectivity index (χ1) is 14.0. The Bertz CT molecular complexity index is 1240. The predicted octanol–water partition coefficient (Wildman–Crippen LogP) is 1.98. The van der Waals surface area contributed by atoms with E-state index in [1.165, 1.54) is 40.6 Å². The first kappa shape index (κ1) is 18.9. The third-order valence-corrected chi connectivity index (χ3v) is 5.10. The Hall–Kier alpha value is -3.40. The fourth-order valence-electron chi connectivity index (χ4n) is 2.94. The number of aryl methyl sites for hydroxylation is 1. The van der Waals surface area contributed by atoms with Crippen LogP contribution in [-0.4, -0.2) is 36.8 Å². The molecule has 0 unspecified atom stereocenters. The van der Waals surface area contributed by atoms with E-state index in [-0.39, 0.29) is 23.8 Å². The van der Waals surface area contributed by atoms with E-state index in [1.807, 2.05) is 6.92 Å². The molecule has 4 rings (SSSR count). The number of carbonyl (C=O) groups excluding carboxylic acids is 1. The second-order valence-corrected chi connectivity index (χ2v) is 7.48. The van der Waals surface area contributed by atoms with Gasteiger partial charge in [-0.25, -0.2) is 19.0 Å². The predicted molar refractivity (Wildman–Crippen MR) is 106 cm³/mol. The SMILES string of the molecule is Cc1nc(C(=O)NCCn2ncc3c(=O)n(Cc4cccc(F)c4)cnc32)cs1. The number of nitrogens with one attached hydrogen (secondary N) is 1. The van der Waals surface area contributed by atoms with E-state index >= 15 is 0 Å². The number of halogens is 1. The van der Waals surface area contributed by atoms with Gasteiger partial charge in [0.05, 0.1) is 24.3 Å². The molecule has 0 fully saturated rings. The fraction of sp³-hybridized carbons (Fsp3) is 0.211. The van der Waals surface area contributed by atoms with Gasteiger partial charge in [-0.3, -0.25) is 14.2 Å². The molecule has 1 N–H and O–H groups in total. The fourth-order valence-corrected chi connectivity index (χ4v) is 3.53. The Balaban J connectivity index is 1.47. The second-order valence-electron chi connectivity index (χ2n) is 6.42. The molecule has 8 nitrogen and oxygen atoms in total. The lowest BCUT2D eigenvalue weighted by Crippen LogP contribution is -2.28. The molecular weight excluding hydrogens is 395 g/mol. The van der Waals surface area contributed by atoms with Gasteiger partial charge < -0.3 is 5.32 Å². The van der Waals surface area contributed by atoms with Gasteiger partial charge in [-0.2, -0.15) is 5.10 Å². The molecular formula is C19H17FN6O2S. The van der Waals surface area contributed by atoms with Crippen molar-refractivity contribution < 1.29 is 9.18 Å². The highest BCUT2D eigenvalue weighted by molar-refractivity contribution is 7.09. The van der Waals surface area contributed by atoms with E-state index < -0.39 is 0 Å². The molecule has 29 heavy (non-hydrogen) atoms. The molecule has 0 saturated heterocycles. The van der Waals surface area contributed by atoms with Crippen molar-refractivity contribution in [2.75, 3.05) is 6.54 Å². The maximum absolute atomic E-state index is 13.4. The van der Waals surface area contributed by atoms with Crippen molar-refractivity contribution >= 4 is 28.3 Å². The van der Waals surface area contributed by atoms with E-state index in [0.717, 1.165) is 5.01 Å². The van der Waals surface area contributed by atoms with Crippen LogP contribution >= 0.6 is 11.3 Å². The summed E-state index contributed by atoms with van der Waals surface area (Å²) in [4.78, 5) is 33.2. The number of fused-ring (bicyclic) bond motifs is 1. The van der Waals surface area contributed by atoms with E-state index in [0.29, 0.717) is 35.4 Å². The van der Waals surface area contributed by atoms with E-state index in [2.05, 4.69) is 20.4 Å². The Morgan fingerprint density at radius 1 is 1.34 bits per heavy atom. The maximum atomic E-state index is 13.4. The van der Waals surface area contributed by atoms with Crippen molar-refractivity contribution in [2.45, 2.75) is 20.0 Å². The highest BCUT2D eigenvalue weighted by atomic mass is 32.1. The Morgan fingerprint density at radius 2 is 2.21 bits per heavy atom. The van der Waals surface area contributed by atoms with Crippen LogP contribution in [0.5, 0.6) is 0 Å². The molecule has 3 aromatic heterocycles. The van der Waals surface area contributed by atoms with E-state index in [9.17, 15) is 14.0 Å². The molecule has 1 aromatic carbocycles. The summed E-state index contributed by atoms with van der Waals surface area (Å²) < 4.78 is 16.3. The Labute approximate surface area is 168 Å². The smallest absolute Gasteiger partial charge is 0.270 e. The molecule has 10 heteroatoms. The average molecular weight is 412 g/mol. The topological polar surface area (TPSA) is 94.7 Å². The van der Waals surface area contributed by atoms with Crippen LogP contribution in [0.3, 0.4) is 0 Å². The van der Waals surface area contributed by atoms with Gasteiger partial charge in [0.2, 0.25) is 0 Å². The van der Waals surface area contributed by atoms with Crippen LogP contribution < -0.4 is 10.9 Å². The monoisotopic (exact) mass is 412 g/mol. The van der Waals surface area contributed by atoms with E-state index in [1.54, 1.807) is 22.2 Å². The Morgan fingerprint density at radius 3 is 2.97 bits per heavy atom. The first-order valence-corrected chi connectivity index (χ1v) is 9.75. The van der Waals surface area contributed by atoms with Gasteiger partial charge in [-0.15, -0.1) is 11.3 Å². The van der Waals surface area contributed by atoms with Crippen molar-refractivity contribution in [1.29, 1.82) is 0 Å². The Kier molecular flexibility index (Phi) is 5.17. The van der Waals surface area contributed by atoms with Gasteiger partial charge >= 0.3 is 0 Å². The molecule has 3 heterocycles. The number of amides is 1. The zero-order valence-electron chi connectivity index (χ0n) is 15.5. The molecule has 0 atom stereocenters. The lowest BCUT2D eigenvalue weighted by Gasteiger charge is -2.07. The number of hydrogen-bond donors (Lipinski definition) is 1. The summed E-state index contributed by atoms with van der Waals surface area (Å²) in [5.74, 6) is -0.608. The van der Waals surface area contributed by atoms with Gasteiger partial charge in [0.25, 0.3) is 11.5 Å². The van der Waals surface area contributed by atoms with Crippen LogP contribution in [0, 0.1) is 12.7 Å². The molecule has 0 aliphatic carbocycles. The van der Waals surface area contributed by atoms with Gasteiger partial charge in [0.15, 0.2) is 5.65 Å². The largest absolute Gasteiger partial charge is 0.349 e. The van der Waals surface area contributed by atoms with Crippen molar-refractivity contribution in [1.82, 2.24) is 29.6 Å². The summed E-state index contributed by atoms with van der Waals surface area (Å²) in [7, 11) is 0. The molecule has 0 spiro atoms. The molecule has 0 saturated carbocycles. The minimum Gasteiger partial charge on any atom is -0.349 e. The molecule has 0 radical (unpaired) electrons. The van der Waals surface area contributed by atoms with Crippen LogP contribution in [-0.2, 0) is 13.1 Å². The highest BCUT2D eigenvalue weighted by Gasteiger charge is 2.12. The quantitative estimate of drug-likeness (QED) is 0.523. The lowest BCUT2D eigenvalue weighted by atomic mass is 10.2. The molecule has 148 valence electrons. The summed E-state index contributed by atoms with van der Waals surface area (Å²) in [6.07, 6.45) is 2.88. The van der Waals surface area contributed by atoms with Crippen LogP contribution in [0.1, 0.15) is 21.1 Å². The number of benzene rings is 1. The molecule has 0 aliphatic heterocycles. The minimum absolute atomic E-state index is 0.216. The normalized spacial score (nSPS) is 11.1. The van der Waals surface area contributed by atoms with Crippen molar-refractivity contribution in [3.8, 4) is 0 Å². The van der Waals surface area contributed by atoms with Crippen LogP contribution in [0.2, 0.25) is 0 Å². The number of carbonyl (C=O) groups is 1.